The van der Waals surface area contributed by atoms with Gasteiger partial charge < -0.3 is 9.84 Å². The van der Waals surface area contributed by atoms with Gasteiger partial charge in [0.2, 0.25) is 5.13 Å². The smallest absolute Gasteiger partial charge is 0.303 e. The summed E-state index contributed by atoms with van der Waals surface area (Å²) in [4.78, 5) is 10.2. The minimum atomic E-state index is -1.88. The van der Waals surface area contributed by atoms with Crippen molar-refractivity contribution in [1.29, 1.82) is 0 Å². The molecule has 5 heteroatoms. The zero-order chi connectivity index (χ0) is 11.3. The maximum absolute atomic E-state index is 13.2. The van der Waals surface area contributed by atoms with Gasteiger partial charge in [0.1, 0.15) is 5.76 Å². The van der Waals surface area contributed by atoms with E-state index in [-0.39, 0.29) is 19.4 Å². The molecule has 0 saturated carbocycles. The van der Waals surface area contributed by atoms with Crippen molar-refractivity contribution in [2.75, 3.05) is 6.61 Å². The van der Waals surface area contributed by atoms with Gasteiger partial charge in [-0.25, -0.2) is 4.39 Å². The average Bonchev–Trinajstić information content (AvgIpc) is 2.10. The second-order valence-electron chi connectivity index (χ2n) is 3.26. The van der Waals surface area contributed by atoms with Gasteiger partial charge in [-0.15, -0.1) is 0 Å². The van der Waals surface area contributed by atoms with E-state index < -0.39 is 11.1 Å². The second-order valence-corrected chi connectivity index (χ2v) is 3.89. The molecule has 0 aromatic rings. The number of hydrogen-bond acceptors (Lipinski definition) is 2. The molecule has 0 spiro atoms. The van der Waals surface area contributed by atoms with Crippen LogP contribution in [0, 0.1) is 0 Å². The van der Waals surface area contributed by atoms with Crippen LogP contribution in [0.1, 0.15) is 19.3 Å². The minimum Gasteiger partial charge on any atom is -0.494 e. The van der Waals surface area contributed by atoms with Crippen LogP contribution in [-0.4, -0.2) is 22.8 Å². The molecular weight excluding hydrogens is 223 g/mol. The fraction of sp³-hybridized carbons (Fsp3) is 0.500. The molecule has 1 rings (SSSR count). The first-order valence-corrected chi connectivity index (χ1v) is 4.99. The molecule has 1 N–H and O–H groups in total. The SMILES string of the molecule is O=C(O)CCCOC1=CC(F)(Cl)CC=C1. The Labute approximate surface area is 92.2 Å². The molecule has 3 nitrogen and oxygen atoms in total. The molecule has 84 valence electrons. The number of carboxylic acids is 1. The summed E-state index contributed by atoms with van der Waals surface area (Å²) in [5, 5.41) is 6.49. The molecule has 0 radical (unpaired) electrons. The molecule has 0 aliphatic heterocycles. The van der Waals surface area contributed by atoms with Crippen LogP contribution in [0.15, 0.2) is 24.0 Å². The van der Waals surface area contributed by atoms with Crippen molar-refractivity contribution >= 4 is 17.6 Å². The van der Waals surface area contributed by atoms with E-state index in [1.54, 1.807) is 12.2 Å². The van der Waals surface area contributed by atoms with Crippen molar-refractivity contribution in [3.05, 3.63) is 24.0 Å². The molecule has 0 aromatic heterocycles. The van der Waals surface area contributed by atoms with E-state index in [0.29, 0.717) is 12.2 Å². The predicted molar refractivity (Wildman–Crippen MR) is 54.4 cm³/mol. The van der Waals surface area contributed by atoms with E-state index >= 15 is 0 Å². The van der Waals surface area contributed by atoms with E-state index in [0.717, 1.165) is 0 Å². The van der Waals surface area contributed by atoms with Crippen LogP contribution in [0.25, 0.3) is 0 Å². The van der Waals surface area contributed by atoms with Crippen LogP contribution in [0.5, 0.6) is 0 Å². The van der Waals surface area contributed by atoms with Crippen molar-refractivity contribution in [3.63, 3.8) is 0 Å². The lowest BCUT2D eigenvalue weighted by Crippen LogP contribution is -2.13. The summed E-state index contributed by atoms with van der Waals surface area (Å²) in [5.41, 5.74) is 0. The molecule has 1 atom stereocenters. The first kappa shape index (κ1) is 12.0. The third kappa shape index (κ3) is 4.83. The maximum atomic E-state index is 13.2. The van der Waals surface area contributed by atoms with Crippen LogP contribution in [-0.2, 0) is 9.53 Å². The number of allylic oxidation sites excluding steroid dienone is 3. The monoisotopic (exact) mass is 234 g/mol. The van der Waals surface area contributed by atoms with Crippen LogP contribution < -0.4 is 0 Å². The highest BCUT2D eigenvalue weighted by Crippen LogP contribution is 2.29. The number of halogens is 2. The summed E-state index contributed by atoms with van der Waals surface area (Å²) in [6.07, 6.45) is 4.95. The van der Waals surface area contributed by atoms with Crippen LogP contribution >= 0.6 is 11.6 Å². The third-order valence-corrected chi connectivity index (χ3v) is 2.09. The summed E-state index contributed by atoms with van der Waals surface area (Å²) < 4.78 is 18.4. The molecule has 0 bridgehead atoms. The number of carboxylic acid groups (broad SMARTS) is 1. The Bertz CT molecular complexity index is 297. The largest absolute Gasteiger partial charge is 0.494 e. The Balaban J connectivity index is 2.30. The first-order valence-electron chi connectivity index (χ1n) is 4.61. The maximum Gasteiger partial charge on any atom is 0.303 e. The van der Waals surface area contributed by atoms with Gasteiger partial charge in [-0.2, -0.15) is 0 Å². The number of hydrogen-bond donors (Lipinski definition) is 1. The lowest BCUT2D eigenvalue weighted by molar-refractivity contribution is -0.137. The van der Waals surface area contributed by atoms with Gasteiger partial charge in [0.15, 0.2) is 0 Å². The lowest BCUT2D eigenvalue weighted by atomic mass is 10.1. The molecule has 15 heavy (non-hydrogen) atoms. The third-order valence-electron chi connectivity index (χ3n) is 1.83. The number of ether oxygens (including phenoxy) is 1. The number of aliphatic carboxylic acids is 1. The van der Waals surface area contributed by atoms with E-state index in [9.17, 15) is 9.18 Å². The minimum absolute atomic E-state index is 0.0403. The summed E-state index contributed by atoms with van der Waals surface area (Å²) in [5.74, 6) is -0.520. The lowest BCUT2D eigenvalue weighted by Gasteiger charge is -2.17. The van der Waals surface area contributed by atoms with E-state index in [4.69, 9.17) is 21.4 Å². The van der Waals surface area contributed by atoms with Gasteiger partial charge in [0.25, 0.3) is 0 Å². The summed E-state index contributed by atoms with van der Waals surface area (Å²) in [6, 6.07) is 0. The highest BCUT2D eigenvalue weighted by Gasteiger charge is 2.25. The quantitative estimate of drug-likeness (QED) is 0.588. The van der Waals surface area contributed by atoms with Crippen molar-refractivity contribution in [2.24, 2.45) is 0 Å². The molecule has 0 heterocycles. The van der Waals surface area contributed by atoms with Crippen LogP contribution in [0.3, 0.4) is 0 Å². The average molecular weight is 235 g/mol. The Kier molecular flexibility index (Phi) is 4.15. The Morgan fingerprint density at radius 2 is 2.47 bits per heavy atom. The van der Waals surface area contributed by atoms with Crippen LogP contribution in [0.2, 0.25) is 0 Å². The number of carbonyl (C=O) groups is 1. The normalized spacial score (nSPS) is 24.8. The number of rotatable bonds is 5. The van der Waals surface area contributed by atoms with Crippen molar-refractivity contribution in [2.45, 2.75) is 24.4 Å². The zero-order valence-corrected chi connectivity index (χ0v) is 8.84. The molecule has 0 saturated heterocycles. The summed E-state index contributed by atoms with van der Waals surface area (Å²) in [7, 11) is 0. The summed E-state index contributed by atoms with van der Waals surface area (Å²) in [6.45, 7) is 0.245. The van der Waals surface area contributed by atoms with Gasteiger partial charge in [-0.1, -0.05) is 17.7 Å². The van der Waals surface area contributed by atoms with Crippen molar-refractivity contribution in [1.82, 2.24) is 0 Å². The molecule has 0 amide bonds. The van der Waals surface area contributed by atoms with Gasteiger partial charge in [0, 0.05) is 18.9 Å². The fourth-order valence-corrected chi connectivity index (χ4v) is 1.35. The molecular formula is C10H12ClFO3. The molecule has 1 aliphatic carbocycles. The van der Waals surface area contributed by atoms with Gasteiger partial charge >= 0.3 is 5.97 Å². The van der Waals surface area contributed by atoms with Crippen LogP contribution in [0.4, 0.5) is 4.39 Å². The topological polar surface area (TPSA) is 46.5 Å². The van der Waals surface area contributed by atoms with Crippen molar-refractivity contribution in [3.8, 4) is 0 Å². The predicted octanol–water partition coefficient (Wildman–Crippen LogP) is 2.62. The first-order chi connectivity index (χ1) is 6.99. The van der Waals surface area contributed by atoms with Gasteiger partial charge in [-0.3, -0.25) is 4.79 Å². The Morgan fingerprint density at radius 1 is 1.73 bits per heavy atom. The zero-order valence-electron chi connectivity index (χ0n) is 8.08. The molecule has 0 fully saturated rings. The second kappa shape index (κ2) is 5.16. The number of alkyl halides is 2. The van der Waals surface area contributed by atoms with E-state index in [2.05, 4.69) is 0 Å². The Morgan fingerprint density at radius 3 is 3.07 bits per heavy atom. The highest BCUT2D eigenvalue weighted by molar-refractivity contribution is 6.24. The summed E-state index contributed by atoms with van der Waals surface area (Å²) >= 11 is 5.46. The molecule has 1 unspecified atom stereocenters. The Hall–Kier alpha value is -1.03. The van der Waals surface area contributed by atoms with E-state index in [1.807, 2.05) is 0 Å². The standard InChI is InChI=1S/C10H12ClFO3/c11-10(12)5-1-3-8(7-10)15-6-2-4-9(13)14/h1,3,7H,2,4-6H2,(H,13,14). The van der Waals surface area contributed by atoms with E-state index in [1.165, 1.54) is 6.08 Å². The van der Waals surface area contributed by atoms with Crippen molar-refractivity contribution < 1.29 is 19.0 Å². The fourth-order valence-electron chi connectivity index (χ4n) is 1.15. The highest BCUT2D eigenvalue weighted by atomic mass is 35.5. The van der Waals surface area contributed by atoms with Gasteiger partial charge in [-0.05, 0) is 12.5 Å². The molecule has 1 aliphatic rings. The van der Waals surface area contributed by atoms with Gasteiger partial charge in [0.05, 0.1) is 6.61 Å². The molecule has 0 aromatic carbocycles.